The van der Waals surface area contributed by atoms with E-state index >= 15 is 0 Å². The number of alkyl halides is 2. The largest absolute Gasteiger partial charge is 0.486 e. The Morgan fingerprint density at radius 2 is 2.08 bits per heavy atom. The maximum absolute atomic E-state index is 12.4. The summed E-state index contributed by atoms with van der Waals surface area (Å²) >= 11 is 0. The molecule has 0 aliphatic heterocycles. The van der Waals surface area contributed by atoms with Crippen LogP contribution in [0.2, 0.25) is 25.7 Å². The molecular formula is C17H23F2N3O3Si. The van der Waals surface area contributed by atoms with Gasteiger partial charge in [-0.25, -0.2) is 13.8 Å². The predicted octanol–water partition coefficient (Wildman–Crippen LogP) is 3.36. The number of imidazole rings is 1. The fourth-order valence-electron chi connectivity index (χ4n) is 2.36. The smallest absolute Gasteiger partial charge is 0.272 e. The minimum absolute atomic E-state index is 0.0501. The van der Waals surface area contributed by atoms with E-state index in [1.54, 1.807) is 4.57 Å². The van der Waals surface area contributed by atoms with Crippen molar-refractivity contribution in [2.75, 3.05) is 13.2 Å². The molecule has 0 radical (unpaired) electrons. The first-order valence-electron chi connectivity index (χ1n) is 8.28. The van der Waals surface area contributed by atoms with Crippen molar-refractivity contribution in [3.8, 4) is 11.8 Å². The molecule has 0 spiro atoms. The second-order valence-electron chi connectivity index (χ2n) is 7.11. The summed E-state index contributed by atoms with van der Waals surface area (Å²) in [6.07, 6.45) is -2.64. The van der Waals surface area contributed by atoms with Crippen LogP contribution in [0.1, 0.15) is 11.4 Å². The molecule has 1 aromatic carbocycles. The number of rotatable bonds is 9. The van der Waals surface area contributed by atoms with Gasteiger partial charge in [0.1, 0.15) is 37.6 Å². The van der Waals surface area contributed by atoms with Gasteiger partial charge in [-0.15, -0.1) is 0 Å². The molecule has 0 unspecified atom stereocenters. The highest BCUT2D eigenvalue weighted by Crippen LogP contribution is 2.27. The number of halogens is 2. The molecule has 9 heteroatoms. The molecule has 0 amide bonds. The third-order valence-corrected chi connectivity index (χ3v) is 5.48. The van der Waals surface area contributed by atoms with Gasteiger partial charge in [0, 0.05) is 20.7 Å². The summed E-state index contributed by atoms with van der Waals surface area (Å²) < 4.78 is 37.2. The van der Waals surface area contributed by atoms with Crippen LogP contribution in [0, 0.1) is 11.3 Å². The molecule has 0 aliphatic rings. The van der Waals surface area contributed by atoms with Crippen LogP contribution in [-0.4, -0.2) is 42.4 Å². The van der Waals surface area contributed by atoms with E-state index in [9.17, 15) is 19.1 Å². The van der Waals surface area contributed by atoms with Crippen molar-refractivity contribution in [3.05, 3.63) is 23.5 Å². The van der Waals surface area contributed by atoms with Crippen molar-refractivity contribution < 1.29 is 23.4 Å². The topological polar surface area (TPSA) is 80.3 Å². The van der Waals surface area contributed by atoms with E-state index in [-0.39, 0.29) is 24.7 Å². The highest BCUT2D eigenvalue weighted by atomic mass is 28.3. The van der Waals surface area contributed by atoms with Gasteiger partial charge in [0.2, 0.25) is 0 Å². The second-order valence-corrected chi connectivity index (χ2v) is 12.7. The number of hydrogen-bond acceptors (Lipinski definition) is 5. The SMILES string of the molecule is C[Si](C)(C)CCOCn1c(CO)nc2cc(OCC(F)F)c(C#N)cc21. The molecule has 1 aromatic heterocycles. The number of aliphatic hydroxyl groups is 1. The zero-order valence-corrected chi connectivity index (χ0v) is 16.1. The third kappa shape index (κ3) is 5.24. The van der Waals surface area contributed by atoms with Gasteiger partial charge in [-0.3, -0.25) is 0 Å². The molecule has 0 saturated carbocycles. The minimum atomic E-state index is -2.64. The molecule has 0 atom stereocenters. The van der Waals surface area contributed by atoms with Crippen LogP contribution in [0.5, 0.6) is 5.75 Å². The summed E-state index contributed by atoms with van der Waals surface area (Å²) in [6.45, 7) is 6.45. The normalized spacial score (nSPS) is 11.9. The molecule has 0 aliphatic carbocycles. The molecule has 26 heavy (non-hydrogen) atoms. The van der Waals surface area contributed by atoms with E-state index in [0.29, 0.717) is 23.5 Å². The number of benzene rings is 1. The molecule has 0 bridgehead atoms. The lowest BCUT2D eigenvalue weighted by Crippen LogP contribution is -2.22. The van der Waals surface area contributed by atoms with Gasteiger partial charge in [0.15, 0.2) is 0 Å². The fourth-order valence-corrected chi connectivity index (χ4v) is 3.12. The lowest BCUT2D eigenvalue weighted by Gasteiger charge is -2.16. The number of nitrogens with zero attached hydrogens (tertiary/aromatic N) is 3. The maximum atomic E-state index is 12.4. The Hall–Kier alpha value is -2.02. The fraction of sp³-hybridized carbons (Fsp3) is 0.529. The lowest BCUT2D eigenvalue weighted by atomic mass is 10.2. The molecular weight excluding hydrogens is 360 g/mol. The zero-order valence-electron chi connectivity index (χ0n) is 15.1. The minimum Gasteiger partial charge on any atom is -0.486 e. The first kappa shape index (κ1) is 20.3. The second kappa shape index (κ2) is 8.57. The van der Waals surface area contributed by atoms with E-state index in [2.05, 4.69) is 24.6 Å². The molecule has 0 fully saturated rings. The maximum Gasteiger partial charge on any atom is 0.272 e. The number of aromatic nitrogens is 2. The summed E-state index contributed by atoms with van der Waals surface area (Å²) in [5.41, 5.74) is 1.17. The summed E-state index contributed by atoms with van der Waals surface area (Å²) in [5.74, 6) is 0.428. The van der Waals surface area contributed by atoms with Gasteiger partial charge in [-0.2, -0.15) is 5.26 Å². The van der Waals surface area contributed by atoms with Crippen molar-refractivity contribution in [1.82, 2.24) is 9.55 Å². The monoisotopic (exact) mass is 383 g/mol. The standard InChI is InChI=1S/C17H23F2N3O3Si/c1-26(2,3)5-4-24-11-22-14-6-12(8-20)15(25-10-16(18)19)7-13(14)21-17(22)9-23/h6-7,16,23H,4-5,9-11H2,1-3H3. The highest BCUT2D eigenvalue weighted by Gasteiger charge is 2.17. The van der Waals surface area contributed by atoms with Gasteiger partial charge in [-0.05, 0) is 12.1 Å². The molecule has 0 saturated heterocycles. The average Bonchev–Trinajstić information content (AvgIpc) is 2.91. The van der Waals surface area contributed by atoms with E-state index in [4.69, 9.17) is 9.47 Å². The molecule has 1 heterocycles. The third-order valence-electron chi connectivity index (χ3n) is 3.77. The van der Waals surface area contributed by atoms with Crippen molar-refractivity contribution in [2.24, 2.45) is 0 Å². The summed E-state index contributed by atoms with van der Waals surface area (Å²) in [7, 11) is -1.22. The summed E-state index contributed by atoms with van der Waals surface area (Å²) in [4.78, 5) is 4.29. The molecule has 142 valence electrons. The molecule has 6 nitrogen and oxygen atoms in total. The van der Waals surface area contributed by atoms with Crippen molar-refractivity contribution in [1.29, 1.82) is 5.26 Å². The molecule has 2 aromatic rings. The van der Waals surface area contributed by atoms with Crippen LogP contribution in [0.15, 0.2) is 12.1 Å². The van der Waals surface area contributed by atoms with Gasteiger partial charge < -0.3 is 19.1 Å². The molecule has 2 rings (SSSR count). The van der Waals surface area contributed by atoms with Gasteiger partial charge >= 0.3 is 0 Å². The predicted molar refractivity (Wildman–Crippen MR) is 96.0 cm³/mol. The Morgan fingerprint density at radius 1 is 1.35 bits per heavy atom. The average molecular weight is 383 g/mol. The first-order valence-corrected chi connectivity index (χ1v) is 12.0. The van der Waals surface area contributed by atoms with Gasteiger partial charge in [0.05, 0.1) is 16.6 Å². The highest BCUT2D eigenvalue weighted by molar-refractivity contribution is 6.76. The zero-order chi connectivity index (χ0) is 19.3. The van der Waals surface area contributed by atoms with Crippen LogP contribution in [0.25, 0.3) is 11.0 Å². The van der Waals surface area contributed by atoms with Crippen LogP contribution < -0.4 is 4.74 Å². The number of nitriles is 1. The van der Waals surface area contributed by atoms with Crippen LogP contribution in [-0.2, 0) is 18.1 Å². The van der Waals surface area contributed by atoms with E-state index in [0.717, 1.165) is 6.04 Å². The lowest BCUT2D eigenvalue weighted by molar-refractivity contribution is 0.0818. The van der Waals surface area contributed by atoms with E-state index < -0.39 is 21.1 Å². The van der Waals surface area contributed by atoms with Gasteiger partial charge in [-0.1, -0.05) is 19.6 Å². The van der Waals surface area contributed by atoms with Crippen LogP contribution >= 0.6 is 0 Å². The van der Waals surface area contributed by atoms with Gasteiger partial charge in [0.25, 0.3) is 6.43 Å². The van der Waals surface area contributed by atoms with Crippen molar-refractivity contribution >= 4 is 19.1 Å². The number of ether oxygens (including phenoxy) is 2. The Kier molecular flexibility index (Phi) is 6.69. The number of fused-ring (bicyclic) bond motifs is 1. The first-order chi connectivity index (χ1) is 12.2. The van der Waals surface area contributed by atoms with Crippen molar-refractivity contribution in [2.45, 2.75) is 45.4 Å². The van der Waals surface area contributed by atoms with Crippen LogP contribution in [0.3, 0.4) is 0 Å². The van der Waals surface area contributed by atoms with E-state index in [1.165, 1.54) is 12.1 Å². The number of aliphatic hydroxyl groups excluding tert-OH is 1. The van der Waals surface area contributed by atoms with E-state index in [1.807, 2.05) is 6.07 Å². The quantitative estimate of drug-likeness (QED) is 0.530. The summed E-state index contributed by atoms with van der Waals surface area (Å²) in [5, 5.41) is 18.8. The van der Waals surface area contributed by atoms with Crippen molar-refractivity contribution in [3.63, 3.8) is 0 Å². The Morgan fingerprint density at radius 3 is 2.65 bits per heavy atom. The Balaban J connectivity index is 2.27. The molecule has 1 N–H and O–H groups in total. The number of hydrogen-bond donors (Lipinski definition) is 1. The Bertz CT molecular complexity index is 797. The van der Waals surface area contributed by atoms with Crippen LogP contribution in [0.4, 0.5) is 8.78 Å². The Labute approximate surface area is 152 Å². The summed E-state index contributed by atoms with van der Waals surface area (Å²) in [6, 6.07) is 5.90.